The molecular weight excluding hydrogens is 160 g/mol. The van der Waals surface area contributed by atoms with Crippen LogP contribution in [0.1, 0.15) is 0 Å². The Kier molecular flexibility index (Phi) is 1.10. The van der Waals surface area contributed by atoms with Crippen molar-refractivity contribution in [2.24, 2.45) is 0 Å². The molecule has 62 valence electrons. The highest BCUT2D eigenvalue weighted by atomic mass is 16.3. The molecule has 2 aliphatic rings. The van der Waals surface area contributed by atoms with Crippen LogP contribution in [-0.4, -0.2) is 0 Å². The van der Waals surface area contributed by atoms with E-state index in [1.165, 1.54) is 0 Å². The van der Waals surface area contributed by atoms with E-state index in [-0.39, 0.29) is 5.76 Å². The van der Waals surface area contributed by atoms with Gasteiger partial charge in [-0.25, -0.2) is 0 Å². The Morgan fingerprint density at radius 3 is 2.62 bits per heavy atom. The highest BCUT2D eigenvalue weighted by molar-refractivity contribution is 5.93. The normalized spacial score (nSPS) is 17.4. The van der Waals surface area contributed by atoms with Gasteiger partial charge in [0.2, 0.25) is 0 Å². The van der Waals surface area contributed by atoms with Crippen molar-refractivity contribution in [1.82, 2.24) is 0 Å². The van der Waals surface area contributed by atoms with E-state index < -0.39 is 0 Å². The summed E-state index contributed by atoms with van der Waals surface area (Å²) in [6.45, 7) is 0. The Balaban J connectivity index is 2.62. The predicted octanol–water partition coefficient (Wildman–Crippen LogP) is -0.184. The van der Waals surface area contributed by atoms with Crippen LogP contribution in [0.2, 0.25) is 0 Å². The topological polar surface area (TPSA) is 23.1 Å². The van der Waals surface area contributed by atoms with Crippen LogP contribution in [0.25, 0.3) is 11.3 Å². The minimum atomic E-state index is 0.163. The summed E-state index contributed by atoms with van der Waals surface area (Å²) in [6, 6.07) is 7.76. The molecule has 0 saturated carbocycles. The van der Waals surface area contributed by atoms with Crippen molar-refractivity contribution in [3.63, 3.8) is 0 Å². The van der Waals surface area contributed by atoms with Crippen molar-refractivity contribution in [2.45, 2.75) is 0 Å². The SMILES string of the molecule is [O-]C1=c2ccccc2=C2C=CC=C12. The molecule has 13 heavy (non-hydrogen) atoms. The van der Waals surface area contributed by atoms with Crippen LogP contribution in [0.4, 0.5) is 0 Å². The molecule has 2 aliphatic carbocycles. The minimum absolute atomic E-state index is 0.163. The van der Waals surface area contributed by atoms with Crippen LogP contribution < -0.4 is 15.5 Å². The molecule has 0 fully saturated rings. The minimum Gasteiger partial charge on any atom is -0.872 e. The molecule has 0 unspecified atom stereocenters. The number of allylic oxidation sites excluding steroid dienone is 3. The van der Waals surface area contributed by atoms with E-state index in [0.29, 0.717) is 0 Å². The molecule has 0 N–H and O–H groups in total. The van der Waals surface area contributed by atoms with Crippen molar-refractivity contribution >= 4 is 11.3 Å². The van der Waals surface area contributed by atoms with Gasteiger partial charge < -0.3 is 5.11 Å². The highest BCUT2D eigenvalue weighted by Gasteiger charge is 2.12. The van der Waals surface area contributed by atoms with Crippen LogP contribution in [-0.2, 0) is 0 Å². The fraction of sp³-hybridized carbons (Fsp3) is 0. The molecule has 1 aromatic carbocycles. The summed E-state index contributed by atoms with van der Waals surface area (Å²) in [4.78, 5) is 0. The molecule has 0 amide bonds. The molecule has 0 saturated heterocycles. The standard InChI is InChI=1S/C12H8O/c13-12-10-5-2-1-4-8(10)9-6-3-7-11(9)12/h1-7,13H/p-1. The van der Waals surface area contributed by atoms with Crippen molar-refractivity contribution < 1.29 is 5.11 Å². The number of fused-ring (bicyclic) bond motifs is 2. The summed E-state index contributed by atoms with van der Waals surface area (Å²) < 4.78 is 0. The van der Waals surface area contributed by atoms with Gasteiger partial charge in [-0.05, 0) is 21.6 Å². The summed E-state index contributed by atoms with van der Waals surface area (Å²) in [5.41, 5.74) is 1.93. The van der Waals surface area contributed by atoms with Crippen molar-refractivity contribution in [2.75, 3.05) is 0 Å². The van der Waals surface area contributed by atoms with Crippen LogP contribution in [0.3, 0.4) is 0 Å². The quantitative estimate of drug-likeness (QED) is 0.525. The molecule has 3 rings (SSSR count). The lowest BCUT2D eigenvalue weighted by atomic mass is 10.1. The molecule has 0 atom stereocenters. The van der Waals surface area contributed by atoms with Gasteiger partial charge in [-0.2, -0.15) is 0 Å². The fourth-order valence-corrected chi connectivity index (χ4v) is 1.91. The van der Waals surface area contributed by atoms with E-state index in [9.17, 15) is 5.11 Å². The third-order valence-corrected chi connectivity index (χ3v) is 2.52. The number of hydrogen-bond acceptors (Lipinski definition) is 1. The van der Waals surface area contributed by atoms with Crippen LogP contribution in [0, 0.1) is 0 Å². The van der Waals surface area contributed by atoms with Gasteiger partial charge in [0.15, 0.2) is 0 Å². The lowest BCUT2D eigenvalue weighted by Crippen LogP contribution is -2.26. The average Bonchev–Trinajstić information content (AvgIpc) is 2.72. The second-order valence-corrected chi connectivity index (χ2v) is 3.23. The predicted molar refractivity (Wildman–Crippen MR) is 49.7 cm³/mol. The number of benzene rings is 1. The van der Waals surface area contributed by atoms with Crippen molar-refractivity contribution in [3.8, 4) is 0 Å². The zero-order valence-corrected chi connectivity index (χ0v) is 6.95. The van der Waals surface area contributed by atoms with Crippen LogP contribution in [0.5, 0.6) is 0 Å². The lowest BCUT2D eigenvalue weighted by molar-refractivity contribution is -0.244. The number of hydrogen-bond donors (Lipinski definition) is 0. The maximum atomic E-state index is 11.7. The fourth-order valence-electron chi connectivity index (χ4n) is 1.91. The first-order valence-electron chi connectivity index (χ1n) is 4.28. The summed E-state index contributed by atoms with van der Waals surface area (Å²) in [5, 5.41) is 13.7. The first-order chi connectivity index (χ1) is 6.38. The summed E-state index contributed by atoms with van der Waals surface area (Å²) >= 11 is 0. The molecule has 0 spiro atoms. The Morgan fingerprint density at radius 2 is 1.77 bits per heavy atom. The van der Waals surface area contributed by atoms with Gasteiger partial charge >= 0.3 is 0 Å². The molecule has 0 aliphatic heterocycles. The van der Waals surface area contributed by atoms with E-state index in [1.54, 1.807) is 0 Å². The maximum absolute atomic E-state index is 11.7. The zero-order chi connectivity index (χ0) is 8.84. The lowest BCUT2D eigenvalue weighted by Gasteiger charge is -2.08. The van der Waals surface area contributed by atoms with Crippen molar-refractivity contribution in [1.29, 1.82) is 0 Å². The summed E-state index contributed by atoms with van der Waals surface area (Å²) in [5.74, 6) is 0.163. The molecule has 0 aromatic heterocycles. The molecule has 0 radical (unpaired) electrons. The van der Waals surface area contributed by atoms with Gasteiger partial charge in [0.1, 0.15) is 0 Å². The molecule has 1 aromatic rings. The maximum Gasteiger partial charge on any atom is -0.0112 e. The van der Waals surface area contributed by atoms with Gasteiger partial charge in [0.05, 0.1) is 0 Å². The largest absolute Gasteiger partial charge is 0.872 e. The summed E-state index contributed by atoms with van der Waals surface area (Å²) in [7, 11) is 0. The van der Waals surface area contributed by atoms with Gasteiger partial charge in [-0.3, -0.25) is 0 Å². The zero-order valence-electron chi connectivity index (χ0n) is 6.95. The molecule has 1 nitrogen and oxygen atoms in total. The van der Waals surface area contributed by atoms with Gasteiger partial charge in [0.25, 0.3) is 0 Å². The van der Waals surface area contributed by atoms with Gasteiger partial charge in [0, 0.05) is 0 Å². The third-order valence-electron chi connectivity index (χ3n) is 2.52. The van der Waals surface area contributed by atoms with E-state index in [4.69, 9.17) is 0 Å². The smallest absolute Gasteiger partial charge is 0.0112 e. The average molecular weight is 167 g/mol. The Labute approximate surface area is 75.6 Å². The Hall–Kier alpha value is -1.76. The monoisotopic (exact) mass is 167 g/mol. The van der Waals surface area contributed by atoms with Gasteiger partial charge in [-0.1, -0.05) is 48.3 Å². The molecule has 1 heteroatoms. The molecule has 0 heterocycles. The molecule has 0 bridgehead atoms. The van der Waals surface area contributed by atoms with E-state index in [2.05, 4.69) is 0 Å². The molecular formula is C12H7O-. The van der Waals surface area contributed by atoms with E-state index in [0.717, 1.165) is 21.6 Å². The van der Waals surface area contributed by atoms with Crippen molar-refractivity contribution in [3.05, 3.63) is 58.5 Å². The third kappa shape index (κ3) is 0.712. The highest BCUT2D eigenvalue weighted by Crippen LogP contribution is 2.24. The van der Waals surface area contributed by atoms with Gasteiger partial charge in [-0.15, -0.1) is 0 Å². The second-order valence-electron chi connectivity index (χ2n) is 3.23. The first-order valence-corrected chi connectivity index (χ1v) is 4.28. The van der Waals surface area contributed by atoms with Crippen LogP contribution >= 0.6 is 0 Å². The second kappa shape index (κ2) is 2.13. The van der Waals surface area contributed by atoms with E-state index in [1.807, 2.05) is 42.5 Å². The Bertz CT molecular complexity index is 559. The Morgan fingerprint density at radius 1 is 1.00 bits per heavy atom. The van der Waals surface area contributed by atoms with E-state index >= 15 is 0 Å². The van der Waals surface area contributed by atoms with Crippen LogP contribution in [0.15, 0.2) is 48.1 Å². The summed E-state index contributed by atoms with van der Waals surface area (Å²) in [6.07, 6.45) is 5.81. The first kappa shape index (κ1) is 6.72. The number of rotatable bonds is 0.